The van der Waals surface area contributed by atoms with Gasteiger partial charge in [0, 0.05) is 0 Å². The molecule has 0 amide bonds. The molecule has 2 heteroatoms. The summed E-state index contributed by atoms with van der Waals surface area (Å²) in [4.78, 5) is 0. The van der Waals surface area contributed by atoms with Gasteiger partial charge in [-0.25, -0.2) is 0 Å². The Morgan fingerprint density at radius 1 is 1.55 bits per heavy atom. The maximum absolute atomic E-state index is 8.45. The lowest BCUT2D eigenvalue weighted by Gasteiger charge is -2.15. The molecular formula is C9H14BN. The second-order valence-corrected chi connectivity index (χ2v) is 2.40. The van der Waals surface area contributed by atoms with Gasteiger partial charge in [-0.15, -0.1) is 0 Å². The van der Waals surface area contributed by atoms with Gasteiger partial charge in [0.15, 0.2) is 0 Å². The lowest BCUT2D eigenvalue weighted by atomic mass is 9.75. The van der Waals surface area contributed by atoms with Crippen LogP contribution in [-0.2, 0) is 0 Å². The molecule has 0 saturated carbocycles. The molecule has 0 aliphatic heterocycles. The minimum absolute atomic E-state index is 0.0637. The van der Waals surface area contributed by atoms with Crippen LogP contribution in [0.4, 0.5) is 0 Å². The fourth-order valence-electron chi connectivity index (χ4n) is 1.01. The van der Waals surface area contributed by atoms with E-state index in [1.165, 1.54) is 0 Å². The summed E-state index contributed by atoms with van der Waals surface area (Å²) < 4.78 is 0. The summed E-state index contributed by atoms with van der Waals surface area (Å²) in [6, 6.07) is 2.17. The molecular weight excluding hydrogens is 133 g/mol. The number of allylic oxidation sites excluding steroid dienone is 2. The van der Waals surface area contributed by atoms with Crippen molar-refractivity contribution in [2.45, 2.75) is 32.5 Å². The highest BCUT2D eigenvalue weighted by atomic mass is 14.3. The van der Waals surface area contributed by atoms with Gasteiger partial charge in [-0.2, -0.15) is 5.26 Å². The normalized spacial score (nSPS) is 28.1. The lowest BCUT2D eigenvalue weighted by molar-refractivity contribution is 0.639. The topological polar surface area (TPSA) is 23.8 Å². The average Bonchev–Trinajstić information content (AvgIpc) is 2.08. The largest absolute Gasteiger partial charge is 0.198 e. The third-order valence-corrected chi connectivity index (χ3v) is 1.53. The van der Waals surface area contributed by atoms with Crippen molar-refractivity contribution in [2.75, 3.05) is 0 Å². The van der Waals surface area contributed by atoms with Gasteiger partial charge in [0.1, 0.15) is 0 Å². The summed E-state index contributed by atoms with van der Waals surface area (Å²) in [5, 5.41) is 8.45. The van der Waals surface area contributed by atoms with Crippen LogP contribution in [0.25, 0.3) is 0 Å². The van der Waals surface area contributed by atoms with Crippen molar-refractivity contribution in [1.29, 1.82) is 5.26 Å². The first kappa shape index (κ1) is 10.3. The number of nitriles is 1. The Bertz CT molecular complexity index is 157. The van der Waals surface area contributed by atoms with Gasteiger partial charge in [-0.05, 0) is 12.8 Å². The highest BCUT2D eigenvalue weighted by Crippen LogP contribution is 2.24. The maximum atomic E-state index is 8.45. The Labute approximate surface area is 70.5 Å². The van der Waals surface area contributed by atoms with Crippen LogP contribution in [0, 0.1) is 17.2 Å². The van der Waals surface area contributed by atoms with E-state index in [0.29, 0.717) is 0 Å². The van der Waals surface area contributed by atoms with E-state index in [1.807, 2.05) is 26.0 Å². The standard InChI is InChI=1S/C7H8BN.C2H6/c8-7-3-1-2-6(4-7)5-9;1-2/h1-2,6-7H,3-4H2;1-2H3. The summed E-state index contributed by atoms with van der Waals surface area (Å²) in [6.07, 6.45) is 5.68. The number of nitrogens with zero attached hydrogens (tertiary/aromatic N) is 1. The Balaban J connectivity index is 0.000000461. The van der Waals surface area contributed by atoms with Gasteiger partial charge in [-0.1, -0.05) is 31.8 Å². The van der Waals surface area contributed by atoms with Gasteiger partial charge in [-0.3, -0.25) is 0 Å². The summed E-state index contributed by atoms with van der Waals surface area (Å²) in [5.41, 5.74) is 0. The molecule has 11 heavy (non-hydrogen) atoms. The van der Waals surface area contributed by atoms with Crippen molar-refractivity contribution in [1.82, 2.24) is 0 Å². The quantitative estimate of drug-likeness (QED) is 0.381. The van der Waals surface area contributed by atoms with Crippen molar-refractivity contribution >= 4 is 7.85 Å². The van der Waals surface area contributed by atoms with E-state index in [4.69, 9.17) is 13.1 Å². The van der Waals surface area contributed by atoms with Crippen LogP contribution >= 0.6 is 0 Å². The molecule has 0 saturated heterocycles. The zero-order valence-corrected chi connectivity index (χ0v) is 7.25. The van der Waals surface area contributed by atoms with Crippen molar-refractivity contribution in [3.05, 3.63) is 12.2 Å². The monoisotopic (exact) mass is 147 g/mol. The molecule has 1 aliphatic rings. The first-order chi connectivity index (χ1) is 5.33. The summed E-state index contributed by atoms with van der Waals surface area (Å²) in [7, 11) is 5.60. The second-order valence-electron chi connectivity index (χ2n) is 2.40. The van der Waals surface area contributed by atoms with Crippen LogP contribution in [-0.4, -0.2) is 7.85 Å². The first-order valence-corrected chi connectivity index (χ1v) is 4.15. The number of hydrogen-bond acceptors (Lipinski definition) is 1. The molecule has 58 valence electrons. The molecule has 0 bridgehead atoms. The molecule has 0 aromatic carbocycles. The fourth-order valence-corrected chi connectivity index (χ4v) is 1.01. The Morgan fingerprint density at radius 2 is 2.18 bits per heavy atom. The third-order valence-electron chi connectivity index (χ3n) is 1.53. The molecule has 0 fully saturated rings. The summed E-state index contributed by atoms with van der Waals surface area (Å²) in [5.74, 6) is 0.272. The Kier molecular flexibility index (Phi) is 5.65. The Hall–Kier alpha value is -0.705. The van der Waals surface area contributed by atoms with Crippen LogP contribution < -0.4 is 0 Å². The zero-order valence-electron chi connectivity index (χ0n) is 7.25. The average molecular weight is 147 g/mol. The fraction of sp³-hybridized carbons (Fsp3) is 0.667. The third kappa shape index (κ3) is 3.88. The molecule has 0 heterocycles. The highest BCUT2D eigenvalue weighted by Gasteiger charge is 2.11. The minimum Gasteiger partial charge on any atom is -0.198 e. The number of rotatable bonds is 0. The molecule has 0 aromatic rings. The van der Waals surface area contributed by atoms with E-state index in [2.05, 4.69) is 6.07 Å². The molecule has 0 N–H and O–H groups in total. The molecule has 0 spiro atoms. The molecule has 2 unspecified atom stereocenters. The molecule has 2 radical (unpaired) electrons. The lowest BCUT2D eigenvalue weighted by Crippen LogP contribution is -2.04. The van der Waals surface area contributed by atoms with Gasteiger partial charge >= 0.3 is 0 Å². The van der Waals surface area contributed by atoms with Gasteiger partial charge in [0.2, 0.25) is 0 Å². The number of hydrogen-bond donors (Lipinski definition) is 0. The molecule has 1 aliphatic carbocycles. The predicted molar refractivity (Wildman–Crippen MR) is 48.3 cm³/mol. The van der Waals surface area contributed by atoms with E-state index in [1.54, 1.807) is 0 Å². The van der Waals surface area contributed by atoms with Crippen molar-refractivity contribution in [3.63, 3.8) is 0 Å². The van der Waals surface area contributed by atoms with E-state index in [0.717, 1.165) is 12.8 Å². The SMILES string of the molecule is CC.[B]C1CC=CC(C#N)C1. The van der Waals surface area contributed by atoms with Crippen LogP contribution in [0.3, 0.4) is 0 Å². The van der Waals surface area contributed by atoms with Crippen LogP contribution in [0.5, 0.6) is 0 Å². The van der Waals surface area contributed by atoms with E-state index < -0.39 is 0 Å². The maximum Gasteiger partial charge on any atom is 0.0704 e. The second kappa shape index (κ2) is 6.03. The van der Waals surface area contributed by atoms with Crippen molar-refractivity contribution < 1.29 is 0 Å². The Morgan fingerprint density at radius 3 is 2.55 bits per heavy atom. The smallest absolute Gasteiger partial charge is 0.0704 e. The first-order valence-electron chi connectivity index (χ1n) is 4.15. The molecule has 1 rings (SSSR count). The molecule has 2 atom stereocenters. The summed E-state index contributed by atoms with van der Waals surface area (Å²) in [6.45, 7) is 4.00. The van der Waals surface area contributed by atoms with Crippen LogP contribution in [0.2, 0.25) is 5.82 Å². The van der Waals surface area contributed by atoms with E-state index in [-0.39, 0.29) is 11.7 Å². The van der Waals surface area contributed by atoms with Crippen molar-refractivity contribution in [3.8, 4) is 6.07 Å². The van der Waals surface area contributed by atoms with E-state index >= 15 is 0 Å². The summed E-state index contributed by atoms with van der Waals surface area (Å²) >= 11 is 0. The van der Waals surface area contributed by atoms with E-state index in [9.17, 15) is 0 Å². The highest BCUT2D eigenvalue weighted by molar-refractivity contribution is 6.11. The van der Waals surface area contributed by atoms with Gasteiger partial charge < -0.3 is 0 Å². The zero-order chi connectivity index (χ0) is 8.69. The predicted octanol–water partition coefficient (Wildman–Crippen LogP) is 2.46. The minimum atomic E-state index is 0.0637. The van der Waals surface area contributed by atoms with Gasteiger partial charge in [0.25, 0.3) is 0 Å². The molecule has 1 nitrogen and oxygen atoms in total. The van der Waals surface area contributed by atoms with Crippen LogP contribution in [0.1, 0.15) is 26.7 Å². The van der Waals surface area contributed by atoms with Crippen LogP contribution in [0.15, 0.2) is 12.2 Å². The van der Waals surface area contributed by atoms with Crippen molar-refractivity contribution in [2.24, 2.45) is 5.92 Å². The van der Waals surface area contributed by atoms with Gasteiger partial charge in [0.05, 0.1) is 19.8 Å². The molecule has 0 aromatic heterocycles.